The molecule has 1 amide bonds. The van der Waals surface area contributed by atoms with Gasteiger partial charge in [0.05, 0.1) is 12.1 Å². The van der Waals surface area contributed by atoms with Gasteiger partial charge < -0.3 is 5.32 Å². The normalized spacial score (nSPS) is 13.3. The van der Waals surface area contributed by atoms with E-state index in [1.807, 2.05) is 32.0 Å². The first-order chi connectivity index (χ1) is 11.5. The number of carbonyl (C=O) groups is 1. The van der Waals surface area contributed by atoms with Gasteiger partial charge in [0.1, 0.15) is 5.82 Å². The van der Waals surface area contributed by atoms with Crippen molar-refractivity contribution < 1.29 is 9.18 Å². The fourth-order valence-corrected chi connectivity index (χ4v) is 2.67. The van der Waals surface area contributed by atoms with Crippen molar-refractivity contribution in [1.82, 2.24) is 10.6 Å². The number of hydrogen-bond donors (Lipinski definition) is 2. The molecule has 2 aromatic carbocycles. The van der Waals surface area contributed by atoms with E-state index in [-0.39, 0.29) is 23.8 Å². The lowest BCUT2D eigenvalue weighted by Crippen LogP contribution is -2.43. The van der Waals surface area contributed by atoms with Crippen molar-refractivity contribution >= 4 is 5.91 Å². The average molecular weight is 328 g/mol. The zero-order valence-electron chi connectivity index (χ0n) is 14.5. The van der Waals surface area contributed by atoms with E-state index in [1.54, 1.807) is 6.07 Å². The molecule has 4 heteroatoms. The molecule has 0 aromatic heterocycles. The molecule has 0 saturated heterocycles. The Morgan fingerprint density at radius 2 is 1.79 bits per heavy atom. The van der Waals surface area contributed by atoms with Gasteiger partial charge in [0.15, 0.2) is 0 Å². The maximum Gasteiger partial charge on any atom is 0.236 e. The van der Waals surface area contributed by atoms with Crippen LogP contribution in [-0.4, -0.2) is 18.5 Å². The summed E-state index contributed by atoms with van der Waals surface area (Å²) in [5, 5.41) is 6.13. The van der Waals surface area contributed by atoms with Gasteiger partial charge in [0, 0.05) is 6.54 Å². The largest absolute Gasteiger partial charge is 0.355 e. The number of benzene rings is 2. The lowest BCUT2D eigenvalue weighted by atomic mass is 9.96. The third-order valence-corrected chi connectivity index (χ3v) is 4.06. The highest BCUT2D eigenvalue weighted by Crippen LogP contribution is 2.24. The number of rotatable bonds is 7. The highest BCUT2D eigenvalue weighted by molar-refractivity contribution is 5.81. The zero-order valence-corrected chi connectivity index (χ0v) is 14.5. The number of amides is 1. The molecule has 2 atom stereocenters. The van der Waals surface area contributed by atoms with Gasteiger partial charge in [-0.05, 0) is 49.1 Å². The van der Waals surface area contributed by atoms with Gasteiger partial charge in [0.2, 0.25) is 5.91 Å². The summed E-state index contributed by atoms with van der Waals surface area (Å²) in [5.74, 6) is -0.348. The summed E-state index contributed by atoms with van der Waals surface area (Å²) in [4.78, 5) is 12.1. The number of nitrogens with one attached hydrogen (secondary N) is 2. The Bertz CT molecular complexity index is 670. The number of aryl methyl sites for hydroxylation is 1. The monoisotopic (exact) mass is 328 g/mol. The second-order valence-electron chi connectivity index (χ2n) is 5.87. The van der Waals surface area contributed by atoms with Crippen molar-refractivity contribution in [1.29, 1.82) is 0 Å². The standard InChI is InChI=1S/C20H25FN2O/c1-4-15-9-11-16(12-10-15)19(17-7-6-8-18(21)13-17)23-14(3)20(24)22-5-2/h6-14,19,23H,4-5H2,1-3H3,(H,22,24)/t14-,19-/m0/s1. The molecule has 0 aliphatic carbocycles. The Morgan fingerprint density at radius 1 is 1.08 bits per heavy atom. The topological polar surface area (TPSA) is 41.1 Å². The fourth-order valence-electron chi connectivity index (χ4n) is 2.67. The maximum atomic E-state index is 13.7. The van der Waals surface area contributed by atoms with Crippen LogP contribution >= 0.6 is 0 Å². The van der Waals surface area contributed by atoms with Crippen LogP contribution in [0.5, 0.6) is 0 Å². The van der Waals surface area contributed by atoms with Gasteiger partial charge in [-0.25, -0.2) is 4.39 Å². The summed E-state index contributed by atoms with van der Waals surface area (Å²) >= 11 is 0. The van der Waals surface area contributed by atoms with E-state index in [0.29, 0.717) is 6.54 Å². The molecule has 2 N–H and O–H groups in total. The van der Waals surface area contributed by atoms with E-state index in [2.05, 4.69) is 29.7 Å². The first-order valence-electron chi connectivity index (χ1n) is 8.43. The van der Waals surface area contributed by atoms with Crippen LogP contribution in [0.15, 0.2) is 48.5 Å². The van der Waals surface area contributed by atoms with Gasteiger partial charge in [-0.1, -0.05) is 43.3 Å². The number of halogens is 1. The molecule has 128 valence electrons. The summed E-state index contributed by atoms with van der Waals surface area (Å²) in [6.45, 7) is 6.39. The summed E-state index contributed by atoms with van der Waals surface area (Å²) in [7, 11) is 0. The summed E-state index contributed by atoms with van der Waals surface area (Å²) in [6.07, 6.45) is 0.966. The Balaban J connectivity index is 2.31. The van der Waals surface area contributed by atoms with Crippen LogP contribution in [-0.2, 0) is 11.2 Å². The van der Waals surface area contributed by atoms with Crippen LogP contribution in [0.2, 0.25) is 0 Å². The molecule has 2 rings (SSSR count). The Kier molecular flexibility index (Phi) is 6.50. The first-order valence-corrected chi connectivity index (χ1v) is 8.43. The Morgan fingerprint density at radius 3 is 2.38 bits per heavy atom. The molecule has 0 aliphatic rings. The highest BCUT2D eigenvalue weighted by Gasteiger charge is 2.20. The molecule has 0 fully saturated rings. The molecule has 2 aromatic rings. The molecular weight excluding hydrogens is 303 g/mol. The quantitative estimate of drug-likeness (QED) is 0.815. The van der Waals surface area contributed by atoms with Gasteiger partial charge in [0.25, 0.3) is 0 Å². The zero-order chi connectivity index (χ0) is 17.5. The van der Waals surface area contributed by atoms with Crippen molar-refractivity contribution in [3.8, 4) is 0 Å². The molecule has 0 bridgehead atoms. The molecule has 0 heterocycles. The van der Waals surface area contributed by atoms with E-state index in [1.165, 1.54) is 17.7 Å². The van der Waals surface area contributed by atoms with Gasteiger partial charge >= 0.3 is 0 Å². The molecule has 24 heavy (non-hydrogen) atoms. The van der Waals surface area contributed by atoms with Crippen molar-refractivity contribution in [3.05, 3.63) is 71.0 Å². The van der Waals surface area contributed by atoms with Gasteiger partial charge in [-0.3, -0.25) is 10.1 Å². The molecule has 0 radical (unpaired) electrons. The summed E-state index contributed by atoms with van der Waals surface area (Å²) in [5.41, 5.74) is 3.05. The van der Waals surface area contributed by atoms with Crippen molar-refractivity contribution in [2.24, 2.45) is 0 Å². The van der Waals surface area contributed by atoms with Crippen molar-refractivity contribution in [2.45, 2.75) is 39.3 Å². The Hall–Kier alpha value is -2.20. The van der Waals surface area contributed by atoms with Crippen LogP contribution in [0.4, 0.5) is 4.39 Å². The van der Waals surface area contributed by atoms with Crippen LogP contribution in [0.1, 0.15) is 43.5 Å². The van der Waals surface area contributed by atoms with Crippen molar-refractivity contribution in [3.63, 3.8) is 0 Å². The first kappa shape index (κ1) is 18.1. The second kappa shape index (κ2) is 8.60. The molecule has 0 saturated carbocycles. The molecule has 3 nitrogen and oxygen atoms in total. The summed E-state index contributed by atoms with van der Waals surface area (Å²) < 4.78 is 13.7. The van der Waals surface area contributed by atoms with E-state index in [9.17, 15) is 9.18 Å². The minimum Gasteiger partial charge on any atom is -0.355 e. The smallest absolute Gasteiger partial charge is 0.236 e. The maximum absolute atomic E-state index is 13.7. The van der Waals surface area contributed by atoms with E-state index >= 15 is 0 Å². The third kappa shape index (κ3) is 4.65. The predicted octanol–water partition coefficient (Wildman–Crippen LogP) is 3.59. The molecule has 0 unspecified atom stereocenters. The second-order valence-corrected chi connectivity index (χ2v) is 5.87. The molecule has 0 aliphatic heterocycles. The molecule has 0 spiro atoms. The Labute approximate surface area is 143 Å². The SMILES string of the molecule is CCNC(=O)[C@H](C)N[C@@H](c1ccc(CC)cc1)c1cccc(F)c1. The lowest BCUT2D eigenvalue weighted by molar-refractivity contribution is -0.122. The van der Waals surface area contributed by atoms with Gasteiger partial charge in [-0.2, -0.15) is 0 Å². The number of carbonyl (C=O) groups excluding carboxylic acids is 1. The van der Waals surface area contributed by atoms with Crippen LogP contribution < -0.4 is 10.6 Å². The number of likely N-dealkylation sites (N-methyl/N-ethyl adjacent to an activating group) is 1. The minimum atomic E-state index is -0.385. The molecular formula is C20H25FN2O. The predicted molar refractivity (Wildman–Crippen MR) is 95.3 cm³/mol. The number of hydrogen-bond acceptors (Lipinski definition) is 2. The van der Waals surface area contributed by atoms with Crippen molar-refractivity contribution in [2.75, 3.05) is 6.54 Å². The van der Waals surface area contributed by atoms with Crippen LogP contribution in [0.25, 0.3) is 0 Å². The minimum absolute atomic E-state index is 0.0657. The van der Waals surface area contributed by atoms with Crippen LogP contribution in [0.3, 0.4) is 0 Å². The van der Waals surface area contributed by atoms with Gasteiger partial charge in [-0.15, -0.1) is 0 Å². The third-order valence-electron chi connectivity index (χ3n) is 4.06. The fraction of sp³-hybridized carbons (Fsp3) is 0.350. The van der Waals surface area contributed by atoms with E-state index in [4.69, 9.17) is 0 Å². The average Bonchev–Trinajstić information content (AvgIpc) is 2.59. The van der Waals surface area contributed by atoms with Crippen LogP contribution in [0, 0.1) is 5.82 Å². The van der Waals surface area contributed by atoms with E-state index < -0.39 is 0 Å². The highest BCUT2D eigenvalue weighted by atomic mass is 19.1. The van der Waals surface area contributed by atoms with E-state index in [0.717, 1.165) is 17.5 Å². The summed E-state index contributed by atoms with van der Waals surface area (Å²) in [6, 6.07) is 14.1. The lowest BCUT2D eigenvalue weighted by Gasteiger charge is -2.24.